The number of fused-ring (bicyclic) bond motifs is 1. The lowest BCUT2D eigenvalue weighted by molar-refractivity contribution is 0.660. The van der Waals surface area contributed by atoms with E-state index < -0.39 is 0 Å². The number of rotatable bonds is 4. The number of nitrogens with one attached hydrogen (secondary N) is 1. The van der Waals surface area contributed by atoms with Crippen molar-refractivity contribution < 1.29 is 0 Å². The Bertz CT molecular complexity index is 438. The van der Waals surface area contributed by atoms with Crippen LogP contribution in [0.15, 0.2) is 0 Å². The van der Waals surface area contributed by atoms with Crippen LogP contribution in [0.5, 0.6) is 0 Å². The maximum atomic E-state index is 4.84. The molecule has 0 amide bonds. The Morgan fingerprint density at radius 2 is 1.84 bits per heavy atom. The Labute approximate surface area is 115 Å². The van der Waals surface area contributed by atoms with Crippen molar-refractivity contribution in [3.8, 4) is 0 Å². The molecule has 0 bridgehead atoms. The minimum Gasteiger partial charge on any atom is -0.370 e. The quantitative estimate of drug-likeness (QED) is 0.904. The molecule has 0 aromatic carbocycles. The zero-order valence-electron chi connectivity index (χ0n) is 11.9. The molecule has 0 saturated carbocycles. The first kappa shape index (κ1) is 12.7. The van der Waals surface area contributed by atoms with E-state index in [1.54, 1.807) is 0 Å². The number of nitrogens with zero attached hydrogens (tertiary/aromatic N) is 3. The van der Waals surface area contributed by atoms with Gasteiger partial charge in [0.25, 0.3) is 0 Å². The molecule has 1 N–H and O–H groups in total. The molecule has 2 aliphatic rings. The van der Waals surface area contributed by atoms with Crippen LogP contribution in [0, 0.1) is 0 Å². The minimum absolute atomic E-state index is 0.955. The van der Waals surface area contributed by atoms with Crippen molar-refractivity contribution in [2.45, 2.75) is 51.9 Å². The minimum atomic E-state index is 0.955. The highest BCUT2D eigenvalue weighted by molar-refractivity contribution is 5.52. The van der Waals surface area contributed by atoms with E-state index in [2.05, 4.69) is 17.1 Å². The third-order valence-corrected chi connectivity index (χ3v) is 4.10. The normalized spacial score (nSPS) is 18.5. The number of aryl methyl sites for hydroxylation is 1. The Morgan fingerprint density at radius 3 is 2.63 bits per heavy atom. The summed E-state index contributed by atoms with van der Waals surface area (Å²) in [6.45, 7) is 5.43. The molecule has 0 spiro atoms. The van der Waals surface area contributed by atoms with E-state index in [1.165, 1.54) is 36.9 Å². The van der Waals surface area contributed by atoms with Gasteiger partial charge in [0.05, 0.1) is 5.69 Å². The Kier molecular flexibility index (Phi) is 3.85. The highest BCUT2D eigenvalue weighted by Crippen LogP contribution is 2.28. The van der Waals surface area contributed by atoms with Crippen molar-refractivity contribution in [2.75, 3.05) is 29.9 Å². The molecule has 1 aliphatic heterocycles. The maximum Gasteiger partial charge on any atom is 0.227 e. The summed E-state index contributed by atoms with van der Waals surface area (Å²) in [5, 5.41) is 3.51. The van der Waals surface area contributed by atoms with Crippen molar-refractivity contribution in [2.24, 2.45) is 0 Å². The molecule has 104 valence electrons. The Morgan fingerprint density at radius 1 is 1.05 bits per heavy atom. The van der Waals surface area contributed by atoms with Crippen LogP contribution in [0.4, 0.5) is 11.8 Å². The number of aromatic nitrogens is 2. The SMILES string of the molecule is CCCNc1nc(N2CCCC2)nc2c1CCCC2. The standard InChI is InChI=1S/C15H24N4/c1-2-9-16-14-12-7-3-4-8-13(12)17-15(18-14)19-10-5-6-11-19/h2-11H2,1H3,(H,16,17,18). The van der Waals surface area contributed by atoms with Crippen LogP contribution < -0.4 is 10.2 Å². The van der Waals surface area contributed by atoms with E-state index in [0.29, 0.717) is 0 Å². The maximum absolute atomic E-state index is 4.84. The van der Waals surface area contributed by atoms with Crippen LogP contribution in [0.2, 0.25) is 0 Å². The third-order valence-electron chi connectivity index (χ3n) is 4.10. The fraction of sp³-hybridized carbons (Fsp3) is 0.733. The molecule has 0 atom stereocenters. The highest BCUT2D eigenvalue weighted by atomic mass is 15.3. The molecule has 1 saturated heterocycles. The molecule has 2 heterocycles. The molecule has 1 fully saturated rings. The summed E-state index contributed by atoms with van der Waals surface area (Å²) in [5.74, 6) is 2.06. The zero-order chi connectivity index (χ0) is 13.1. The van der Waals surface area contributed by atoms with Crippen LogP contribution in [0.3, 0.4) is 0 Å². The third kappa shape index (κ3) is 2.67. The van der Waals surface area contributed by atoms with E-state index in [9.17, 15) is 0 Å². The molecule has 4 nitrogen and oxygen atoms in total. The van der Waals surface area contributed by atoms with Crippen LogP contribution in [0.1, 0.15) is 50.3 Å². The van der Waals surface area contributed by atoms with Gasteiger partial charge < -0.3 is 10.2 Å². The summed E-state index contributed by atoms with van der Waals surface area (Å²) in [4.78, 5) is 12.0. The fourth-order valence-corrected chi connectivity index (χ4v) is 3.03. The summed E-state index contributed by atoms with van der Waals surface area (Å²) in [5.41, 5.74) is 2.67. The number of hydrogen-bond donors (Lipinski definition) is 1. The Hall–Kier alpha value is -1.32. The van der Waals surface area contributed by atoms with Gasteiger partial charge in [-0.15, -0.1) is 0 Å². The predicted octanol–water partition coefficient (Wildman–Crippen LogP) is 2.78. The van der Waals surface area contributed by atoms with E-state index in [0.717, 1.165) is 50.7 Å². The van der Waals surface area contributed by atoms with E-state index >= 15 is 0 Å². The average molecular weight is 260 g/mol. The number of hydrogen-bond acceptors (Lipinski definition) is 4. The monoisotopic (exact) mass is 260 g/mol. The van der Waals surface area contributed by atoms with Gasteiger partial charge in [-0.2, -0.15) is 4.98 Å². The number of anilines is 2. The van der Waals surface area contributed by atoms with Gasteiger partial charge in [0.15, 0.2) is 0 Å². The molecular formula is C15H24N4. The topological polar surface area (TPSA) is 41.1 Å². The molecule has 19 heavy (non-hydrogen) atoms. The molecule has 1 aromatic rings. The molecular weight excluding hydrogens is 236 g/mol. The average Bonchev–Trinajstić information content (AvgIpc) is 2.98. The summed E-state index contributed by atoms with van der Waals surface area (Å²) >= 11 is 0. The summed E-state index contributed by atoms with van der Waals surface area (Å²) in [7, 11) is 0. The van der Waals surface area contributed by atoms with Crippen molar-refractivity contribution in [3.05, 3.63) is 11.3 Å². The van der Waals surface area contributed by atoms with Gasteiger partial charge in [-0.1, -0.05) is 6.92 Å². The molecule has 3 rings (SSSR count). The van der Waals surface area contributed by atoms with Crippen LogP contribution >= 0.6 is 0 Å². The smallest absolute Gasteiger partial charge is 0.227 e. The second-order valence-corrected chi connectivity index (χ2v) is 5.63. The molecule has 0 unspecified atom stereocenters. The van der Waals surface area contributed by atoms with Gasteiger partial charge in [0, 0.05) is 25.2 Å². The molecule has 4 heteroatoms. The van der Waals surface area contributed by atoms with Gasteiger partial charge in [0.1, 0.15) is 5.82 Å². The van der Waals surface area contributed by atoms with Crippen molar-refractivity contribution in [3.63, 3.8) is 0 Å². The van der Waals surface area contributed by atoms with Crippen molar-refractivity contribution in [1.29, 1.82) is 0 Å². The summed E-state index contributed by atoms with van der Waals surface area (Å²) in [6.07, 6.45) is 8.51. The lowest BCUT2D eigenvalue weighted by Crippen LogP contribution is -2.23. The first-order chi connectivity index (χ1) is 9.38. The second kappa shape index (κ2) is 5.76. The van der Waals surface area contributed by atoms with Crippen LogP contribution in [0.25, 0.3) is 0 Å². The van der Waals surface area contributed by atoms with E-state index in [1.807, 2.05) is 0 Å². The van der Waals surface area contributed by atoms with Gasteiger partial charge >= 0.3 is 0 Å². The predicted molar refractivity (Wildman–Crippen MR) is 78.9 cm³/mol. The van der Waals surface area contributed by atoms with Crippen LogP contribution in [-0.2, 0) is 12.8 Å². The summed E-state index contributed by atoms with van der Waals surface area (Å²) < 4.78 is 0. The van der Waals surface area contributed by atoms with Gasteiger partial charge in [-0.3, -0.25) is 0 Å². The summed E-state index contributed by atoms with van der Waals surface area (Å²) in [6, 6.07) is 0. The lowest BCUT2D eigenvalue weighted by atomic mass is 9.96. The lowest BCUT2D eigenvalue weighted by Gasteiger charge is -2.23. The van der Waals surface area contributed by atoms with E-state index in [4.69, 9.17) is 9.97 Å². The molecule has 0 radical (unpaired) electrons. The van der Waals surface area contributed by atoms with Crippen molar-refractivity contribution >= 4 is 11.8 Å². The first-order valence-corrected chi connectivity index (χ1v) is 7.77. The Balaban J connectivity index is 1.92. The fourth-order valence-electron chi connectivity index (χ4n) is 3.03. The molecule has 1 aromatic heterocycles. The van der Waals surface area contributed by atoms with Gasteiger partial charge in [-0.25, -0.2) is 4.98 Å². The van der Waals surface area contributed by atoms with E-state index in [-0.39, 0.29) is 0 Å². The highest BCUT2D eigenvalue weighted by Gasteiger charge is 2.21. The second-order valence-electron chi connectivity index (χ2n) is 5.63. The van der Waals surface area contributed by atoms with Crippen molar-refractivity contribution in [1.82, 2.24) is 9.97 Å². The van der Waals surface area contributed by atoms with Gasteiger partial charge in [0.2, 0.25) is 5.95 Å². The van der Waals surface area contributed by atoms with Crippen LogP contribution in [-0.4, -0.2) is 29.6 Å². The first-order valence-electron chi connectivity index (χ1n) is 7.77. The zero-order valence-corrected chi connectivity index (χ0v) is 11.9. The largest absolute Gasteiger partial charge is 0.370 e. The molecule has 1 aliphatic carbocycles. The van der Waals surface area contributed by atoms with Gasteiger partial charge in [-0.05, 0) is 44.9 Å².